The van der Waals surface area contributed by atoms with Gasteiger partial charge in [-0.3, -0.25) is 0 Å². The number of aromatic nitrogens is 1. The summed E-state index contributed by atoms with van der Waals surface area (Å²) in [4.78, 5) is 0. The number of nitrogens with zero attached hydrogens (tertiary/aromatic N) is 1. The fourth-order valence-electron chi connectivity index (χ4n) is 2.19. The summed E-state index contributed by atoms with van der Waals surface area (Å²) < 4.78 is 2.22. The van der Waals surface area contributed by atoms with Crippen LogP contribution in [0.5, 0.6) is 0 Å². The van der Waals surface area contributed by atoms with Gasteiger partial charge in [0.2, 0.25) is 0 Å². The molecule has 0 aliphatic rings. The molecule has 0 spiro atoms. The Labute approximate surface area is 96.5 Å². The molecule has 16 heavy (non-hydrogen) atoms. The standard InChI is InChI=1S/C14H19NO/c1-9(8-16)12-5-6-14-13(7-12)10(2)11(3)15(14)4/h5-7,9,16H,8H2,1-4H3. The van der Waals surface area contributed by atoms with Crippen molar-refractivity contribution in [2.24, 2.45) is 7.05 Å². The Balaban J connectivity index is 2.67. The Hall–Kier alpha value is -1.28. The van der Waals surface area contributed by atoms with E-state index in [2.05, 4.69) is 43.7 Å². The van der Waals surface area contributed by atoms with E-state index in [0.717, 1.165) is 0 Å². The lowest BCUT2D eigenvalue weighted by Crippen LogP contribution is -1.98. The molecule has 1 aromatic carbocycles. The van der Waals surface area contributed by atoms with Crippen LogP contribution in [0, 0.1) is 13.8 Å². The van der Waals surface area contributed by atoms with Crippen LogP contribution >= 0.6 is 0 Å². The second-order valence-corrected chi connectivity index (χ2v) is 4.63. The van der Waals surface area contributed by atoms with Gasteiger partial charge >= 0.3 is 0 Å². The number of aliphatic hydroxyl groups excluding tert-OH is 1. The Bertz CT molecular complexity index is 525. The molecule has 0 fully saturated rings. The van der Waals surface area contributed by atoms with E-state index >= 15 is 0 Å². The van der Waals surface area contributed by atoms with Crippen molar-refractivity contribution in [2.45, 2.75) is 26.7 Å². The predicted octanol–water partition coefficient (Wildman–Crippen LogP) is 2.89. The van der Waals surface area contributed by atoms with Gasteiger partial charge < -0.3 is 9.67 Å². The van der Waals surface area contributed by atoms with Crippen molar-refractivity contribution in [3.63, 3.8) is 0 Å². The van der Waals surface area contributed by atoms with E-state index < -0.39 is 0 Å². The zero-order chi connectivity index (χ0) is 11.9. The second kappa shape index (κ2) is 3.95. The third-order valence-corrected chi connectivity index (χ3v) is 3.67. The van der Waals surface area contributed by atoms with Gasteiger partial charge in [0.25, 0.3) is 0 Å². The van der Waals surface area contributed by atoms with E-state index in [1.165, 1.54) is 27.7 Å². The summed E-state index contributed by atoms with van der Waals surface area (Å²) in [6.07, 6.45) is 0. The monoisotopic (exact) mass is 217 g/mol. The molecule has 1 N–H and O–H groups in total. The SMILES string of the molecule is Cc1c(C)n(C)c2ccc(C(C)CO)cc12. The summed E-state index contributed by atoms with van der Waals surface area (Å²) in [5.74, 6) is 0.212. The van der Waals surface area contributed by atoms with Gasteiger partial charge in [0.15, 0.2) is 0 Å². The maximum absolute atomic E-state index is 9.18. The minimum absolute atomic E-state index is 0.205. The zero-order valence-corrected chi connectivity index (χ0v) is 10.4. The van der Waals surface area contributed by atoms with Crippen LogP contribution in [0.2, 0.25) is 0 Å². The summed E-state index contributed by atoms with van der Waals surface area (Å²) in [7, 11) is 2.10. The molecular formula is C14H19NO. The fraction of sp³-hybridized carbons (Fsp3) is 0.429. The van der Waals surface area contributed by atoms with Gasteiger partial charge in [0, 0.05) is 36.2 Å². The third-order valence-electron chi connectivity index (χ3n) is 3.67. The molecule has 0 saturated heterocycles. The Morgan fingerprint density at radius 1 is 1.31 bits per heavy atom. The summed E-state index contributed by atoms with van der Waals surface area (Å²) >= 11 is 0. The first-order valence-electron chi connectivity index (χ1n) is 5.72. The molecule has 1 atom stereocenters. The van der Waals surface area contributed by atoms with Gasteiger partial charge in [-0.1, -0.05) is 13.0 Å². The molecule has 2 nitrogen and oxygen atoms in total. The van der Waals surface area contributed by atoms with Gasteiger partial charge in [-0.05, 0) is 37.1 Å². The molecule has 1 heterocycles. The average molecular weight is 217 g/mol. The first-order chi connectivity index (χ1) is 7.56. The number of aryl methyl sites for hydroxylation is 2. The second-order valence-electron chi connectivity index (χ2n) is 4.63. The van der Waals surface area contributed by atoms with Crippen LogP contribution in [-0.4, -0.2) is 16.3 Å². The molecular weight excluding hydrogens is 198 g/mol. The van der Waals surface area contributed by atoms with Crippen molar-refractivity contribution in [1.29, 1.82) is 0 Å². The van der Waals surface area contributed by atoms with Gasteiger partial charge in [0.05, 0.1) is 0 Å². The third kappa shape index (κ3) is 1.54. The first-order valence-corrected chi connectivity index (χ1v) is 5.72. The number of rotatable bonds is 2. The Kier molecular flexibility index (Phi) is 2.76. The number of hydrogen-bond acceptors (Lipinski definition) is 1. The van der Waals surface area contributed by atoms with E-state index in [-0.39, 0.29) is 12.5 Å². The smallest absolute Gasteiger partial charge is 0.0497 e. The van der Waals surface area contributed by atoms with Crippen LogP contribution in [0.4, 0.5) is 0 Å². The quantitative estimate of drug-likeness (QED) is 0.822. The Morgan fingerprint density at radius 2 is 2.00 bits per heavy atom. The number of fused-ring (bicyclic) bond motifs is 1. The normalized spacial score (nSPS) is 13.3. The first kappa shape index (κ1) is 11.2. The summed E-state index contributed by atoms with van der Waals surface area (Å²) in [5.41, 5.74) is 5.13. The average Bonchev–Trinajstić information content (AvgIpc) is 2.53. The molecule has 0 bridgehead atoms. The van der Waals surface area contributed by atoms with Crippen LogP contribution in [-0.2, 0) is 7.05 Å². The lowest BCUT2D eigenvalue weighted by Gasteiger charge is -2.08. The van der Waals surface area contributed by atoms with Crippen LogP contribution < -0.4 is 0 Å². The molecule has 1 aromatic heterocycles. The van der Waals surface area contributed by atoms with Gasteiger partial charge in [0.1, 0.15) is 0 Å². The van der Waals surface area contributed by atoms with Crippen LogP contribution in [0.25, 0.3) is 10.9 Å². The van der Waals surface area contributed by atoms with E-state index in [1.54, 1.807) is 0 Å². The molecule has 1 unspecified atom stereocenters. The maximum atomic E-state index is 9.18. The van der Waals surface area contributed by atoms with Crippen molar-refractivity contribution in [3.05, 3.63) is 35.0 Å². The van der Waals surface area contributed by atoms with Crippen molar-refractivity contribution < 1.29 is 5.11 Å². The number of benzene rings is 1. The van der Waals surface area contributed by atoms with E-state index in [0.29, 0.717) is 0 Å². The minimum Gasteiger partial charge on any atom is -0.396 e. The topological polar surface area (TPSA) is 25.2 Å². The summed E-state index contributed by atoms with van der Waals surface area (Å²) in [5, 5.41) is 10.5. The summed E-state index contributed by atoms with van der Waals surface area (Å²) in [6, 6.07) is 6.47. The van der Waals surface area contributed by atoms with Crippen molar-refractivity contribution in [3.8, 4) is 0 Å². The molecule has 0 amide bonds. The lowest BCUT2D eigenvalue weighted by atomic mass is 9.99. The molecule has 2 rings (SSSR count). The number of hydrogen-bond donors (Lipinski definition) is 1. The van der Waals surface area contributed by atoms with E-state index in [1.807, 2.05) is 6.92 Å². The van der Waals surface area contributed by atoms with E-state index in [4.69, 9.17) is 0 Å². The van der Waals surface area contributed by atoms with Crippen LogP contribution in [0.15, 0.2) is 18.2 Å². The molecule has 0 aliphatic heterocycles. The fourth-order valence-corrected chi connectivity index (χ4v) is 2.19. The minimum atomic E-state index is 0.205. The lowest BCUT2D eigenvalue weighted by molar-refractivity contribution is 0.273. The molecule has 0 saturated carbocycles. The highest BCUT2D eigenvalue weighted by Crippen LogP contribution is 2.27. The number of aliphatic hydroxyl groups is 1. The van der Waals surface area contributed by atoms with Crippen molar-refractivity contribution >= 4 is 10.9 Å². The zero-order valence-electron chi connectivity index (χ0n) is 10.4. The van der Waals surface area contributed by atoms with Crippen LogP contribution in [0.1, 0.15) is 29.7 Å². The van der Waals surface area contributed by atoms with Gasteiger partial charge in [-0.25, -0.2) is 0 Å². The largest absolute Gasteiger partial charge is 0.396 e. The van der Waals surface area contributed by atoms with E-state index in [9.17, 15) is 5.11 Å². The molecule has 86 valence electrons. The molecule has 2 aromatic rings. The predicted molar refractivity (Wildman–Crippen MR) is 67.9 cm³/mol. The summed E-state index contributed by atoms with van der Waals surface area (Å²) in [6.45, 7) is 6.55. The molecule has 0 aliphatic carbocycles. The van der Waals surface area contributed by atoms with Gasteiger partial charge in [-0.2, -0.15) is 0 Å². The Morgan fingerprint density at radius 3 is 2.62 bits per heavy atom. The van der Waals surface area contributed by atoms with Gasteiger partial charge in [-0.15, -0.1) is 0 Å². The van der Waals surface area contributed by atoms with Crippen LogP contribution in [0.3, 0.4) is 0 Å². The molecule has 0 radical (unpaired) electrons. The van der Waals surface area contributed by atoms with Crippen molar-refractivity contribution in [2.75, 3.05) is 6.61 Å². The maximum Gasteiger partial charge on any atom is 0.0497 e. The molecule has 2 heteroatoms. The van der Waals surface area contributed by atoms with Crippen molar-refractivity contribution in [1.82, 2.24) is 4.57 Å². The highest BCUT2D eigenvalue weighted by Gasteiger charge is 2.10. The highest BCUT2D eigenvalue weighted by atomic mass is 16.3. The highest BCUT2D eigenvalue weighted by molar-refractivity contribution is 5.86.